The average Bonchev–Trinajstić information content (AvgIpc) is 3.25. The van der Waals surface area contributed by atoms with Crippen LogP contribution >= 0.6 is 0 Å². The highest BCUT2D eigenvalue weighted by molar-refractivity contribution is 6.07. The van der Waals surface area contributed by atoms with Crippen molar-refractivity contribution in [3.05, 3.63) is 18.2 Å². The van der Waals surface area contributed by atoms with Crippen molar-refractivity contribution in [2.24, 2.45) is 11.1 Å². The molecule has 1 aromatic heterocycles. The molecule has 1 aromatic rings. The van der Waals surface area contributed by atoms with Crippen LogP contribution in [0.4, 0.5) is 0 Å². The molecule has 2 amide bonds. The van der Waals surface area contributed by atoms with Crippen molar-refractivity contribution >= 4 is 11.8 Å². The second kappa shape index (κ2) is 6.55. The molecule has 0 unspecified atom stereocenters. The summed E-state index contributed by atoms with van der Waals surface area (Å²) >= 11 is 0. The van der Waals surface area contributed by atoms with E-state index in [1.165, 1.54) is 0 Å². The van der Waals surface area contributed by atoms with Gasteiger partial charge in [0.2, 0.25) is 11.8 Å². The first kappa shape index (κ1) is 17.0. The molecule has 2 aliphatic rings. The van der Waals surface area contributed by atoms with Gasteiger partial charge in [0.05, 0.1) is 0 Å². The zero-order valence-electron chi connectivity index (χ0n) is 14.6. The Balaban J connectivity index is 1.59. The lowest BCUT2D eigenvalue weighted by molar-refractivity contribution is -0.143. The van der Waals surface area contributed by atoms with E-state index in [1.807, 2.05) is 17.3 Å². The molecule has 1 saturated carbocycles. The summed E-state index contributed by atoms with van der Waals surface area (Å²) in [7, 11) is 4.13. The Hall–Kier alpha value is -1.89. The predicted octanol–water partition coefficient (Wildman–Crippen LogP) is 0.416. The van der Waals surface area contributed by atoms with Gasteiger partial charge in [0, 0.05) is 44.5 Å². The van der Waals surface area contributed by atoms with Gasteiger partial charge in [-0.3, -0.25) is 9.59 Å². The summed E-state index contributed by atoms with van der Waals surface area (Å²) in [6.45, 7) is 3.26. The first-order valence-corrected chi connectivity index (χ1v) is 8.69. The maximum Gasteiger partial charge on any atom is 0.238 e. The van der Waals surface area contributed by atoms with Crippen molar-refractivity contribution in [1.82, 2.24) is 19.4 Å². The SMILES string of the molecule is CN(C)CCn1ccnc1C1CCN(C(=O)C2(C(N)=O)CC2)CC1. The van der Waals surface area contributed by atoms with Crippen molar-refractivity contribution in [2.45, 2.75) is 38.1 Å². The number of imidazole rings is 1. The number of carbonyl (C=O) groups excluding carboxylic acids is 2. The van der Waals surface area contributed by atoms with Crippen LogP contribution in [0, 0.1) is 5.41 Å². The molecule has 2 fully saturated rings. The Morgan fingerprint density at radius 1 is 1.33 bits per heavy atom. The van der Waals surface area contributed by atoms with Crippen LogP contribution in [0.1, 0.15) is 37.4 Å². The molecule has 2 N–H and O–H groups in total. The highest BCUT2D eigenvalue weighted by atomic mass is 16.2. The number of likely N-dealkylation sites (N-methyl/N-ethyl adjacent to an activating group) is 1. The van der Waals surface area contributed by atoms with Crippen molar-refractivity contribution < 1.29 is 9.59 Å². The third-order valence-corrected chi connectivity index (χ3v) is 5.31. The van der Waals surface area contributed by atoms with E-state index in [9.17, 15) is 9.59 Å². The smallest absolute Gasteiger partial charge is 0.238 e. The summed E-state index contributed by atoms with van der Waals surface area (Å²) in [4.78, 5) is 32.6. The highest BCUT2D eigenvalue weighted by Crippen LogP contribution is 2.47. The van der Waals surface area contributed by atoms with E-state index < -0.39 is 11.3 Å². The Bertz CT molecular complexity index is 612. The number of hydrogen-bond acceptors (Lipinski definition) is 4. The van der Waals surface area contributed by atoms with Gasteiger partial charge in [-0.2, -0.15) is 0 Å². The van der Waals surface area contributed by atoms with Crippen LogP contribution in [0.25, 0.3) is 0 Å². The van der Waals surface area contributed by atoms with E-state index in [-0.39, 0.29) is 5.91 Å². The van der Waals surface area contributed by atoms with Gasteiger partial charge in [-0.1, -0.05) is 0 Å². The molecule has 0 bridgehead atoms. The van der Waals surface area contributed by atoms with E-state index in [0.717, 1.165) is 31.8 Å². The van der Waals surface area contributed by atoms with Crippen molar-refractivity contribution in [1.29, 1.82) is 0 Å². The maximum atomic E-state index is 12.6. The monoisotopic (exact) mass is 333 g/mol. The molecule has 0 radical (unpaired) electrons. The molecular weight excluding hydrogens is 306 g/mol. The van der Waals surface area contributed by atoms with Gasteiger partial charge in [0.15, 0.2) is 0 Å². The lowest BCUT2D eigenvalue weighted by atomic mass is 9.94. The number of carbonyl (C=O) groups is 2. The minimum atomic E-state index is -0.892. The fraction of sp³-hybridized carbons (Fsp3) is 0.706. The fourth-order valence-corrected chi connectivity index (χ4v) is 3.51. The molecule has 0 aromatic carbocycles. The molecule has 2 heterocycles. The van der Waals surface area contributed by atoms with E-state index in [2.05, 4.69) is 28.5 Å². The zero-order chi connectivity index (χ0) is 17.3. The van der Waals surface area contributed by atoms with Gasteiger partial charge >= 0.3 is 0 Å². The highest BCUT2D eigenvalue weighted by Gasteiger charge is 2.57. The summed E-state index contributed by atoms with van der Waals surface area (Å²) in [6.07, 6.45) is 6.88. The van der Waals surface area contributed by atoms with Crippen molar-refractivity contribution in [3.8, 4) is 0 Å². The van der Waals surface area contributed by atoms with Gasteiger partial charge in [-0.05, 0) is 39.8 Å². The van der Waals surface area contributed by atoms with Crippen LogP contribution in [0.5, 0.6) is 0 Å². The first-order chi connectivity index (χ1) is 11.4. The summed E-state index contributed by atoms with van der Waals surface area (Å²) in [5.74, 6) is 0.952. The van der Waals surface area contributed by atoms with Crippen LogP contribution in [-0.4, -0.2) is 64.9 Å². The number of rotatable bonds is 6. The normalized spacial score (nSPS) is 20.4. The molecule has 1 aliphatic heterocycles. The van der Waals surface area contributed by atoms with Gasteiger partial charge in [-0.15, -0.1) is 0 Å². The Kier molecular flexibility index (Phi) is 4.62. The molecule has 24 heavy (non-hydrogen) atoms. The Morgan fingerprint density at radius 3 is 2.54 bits per heavy atom. The van der Waals surface area contributed by atoms with Crippen LogP contribution in [-0.2, 0) is 16.1 Å². The minimum absolute atomic E-state index is 0.0654. The van der Waals surface area contributed by atoms with Crippen LogP contribution < -0.4 is 5.73 Å². The number of nitrogens with zero attached hydrogens (tertiary/aromatic N) is 4. The quantitative estimate of drug-likeness (QED) is 0.765. The molecule has 0 spiro atoms. The van der Waals surface area contributed by atoms with E-state index >= 15 is 0 Å². The largest absolute Gasteiger partial charge is 0.369 e. The summed E-state index contributed by atoms with van der Waals surface area (Å²) in [5, 5.41) is 0. The number of primary amides is 1. The first-order valence-electron chi connectivity index (χ1n) is 8.69. The maximum absolute atomic E-state index is 12.6. The van der Waals surface area contributed by atoms with Gasteiger partial charge in [0.25, 0.3) is 0 Å². The zero-order valence-corrected chi connectivity index (χ0v) is 14.6. The number of amides is 2. The second-order valence-electron chi connectivity index (χ2n) is 7.29. The average molecular weight is 333 g/mol. The Morgan fingerprint density at radius 2 is 2.00 bits per heavy atom. The predicted molar refractivity (Wildman–Crippen MR) is 90.2 cm³/mol. The molecule has 1 aliphatic carbocycles. The minimum Gasteiger partial charge on any atom is -0.369 e. The number of aromatic nitrogens is 2. The third-order valence-electron chi connectivity index (χ3n) is 5.31. The lowest BCUT2D eigenvalue weighted by Gasteiger charge is -2.33. The molecule has 0 atom stereocenters. The Labute approximate surface area is 142 Å². The van der Waals surface area contributed by atoms with Gasteiger partial charge in [0.1, 0.15) is 11.2 Å². The van der Waals surface area contributed by atoms with Crippen LogP contribution in [0.3, 0.4) is 0 Å². The summed E-state index contributed by atoms with van der Waals surface area (Å²) in [6, 6.07) is 0. The topological polar surface area (TPSA) is 84.5 Å². The summed E-state index contributed by atoms with van der Waals surface area (Å²) < 4.78 is 2.22. The molecule has 3 rings (SSSR count). The number of likely N-dealkylation sites (tertiary alicyclic amines) is 1. The van der Waals surface area contributed by atoms with Crippen LogP contribution in [0.15, 0.2) is 12.4 Å². The number of piperidine rings is 1. The lowest BCUT2D eigenvalue weighted by Crippen LogP contribution is -2.46. The second-order valence-corrected chi connectivity index (χ2v) is 7.29. The third kappa shape index (κ3) is 3.17. The number of hydrogen-bond donors (Lipinski definition) is 1. The fourth-order valence-electron chi connectivity index (χ4n) is 3.51. The molecule has 7 heteroatoms. The van der Waals surface area contributed by atoms with Gasteiger partial charge < -0.3 is 20.1 Å². The molecular formula is C17H27N5O2. The van der Waals surface area contributed by atoms with Crippen molar-refractivity contribution in [3.63, 3.8) is 0 Å². The molecule has 7 nitrogen and oxygen atoms in total. The molecule has 132 valence electrons. The van der Waals surface area contributed by atoms with E-state index in [4.69, 9.17) is 5.73 Å². The van der Waals surface area contributed by atoms with E-state index in [1.54, 1.807) is 0 Å². The number of nitrogens with two attached hydrogens (primary N) is 1. The van der Waals surface area contributed by atoms with Gasteiger partial charge in [-0.25, -0.2) is 4.98 Å². The van der Waals surface area contributed by atoms with Crippen LogP contribution in [0.2, 0.25) is 0 Å². The van der Waals surface area contributed by atoms with E-state index in [0.29, 0.717) is 31.8 Å². The standard InChI is InChI=1S/C17H27N5O2/c1-20(2)11-12-21-10-7-19-14(21)13-3-8-22(9-4-13)16(24)17(5-6-17)15(18)23/h7,10,13H,3-6,8-9,11-12H2,1-2H3,(H2,18,23). The molecule has 1 saturated heterocycles. The summed E-state index contributed by atoms with van der Waals surface area (Å²) in [5.41, 5.74) is 4.53. The van der Waals surface area contributed by atoms with Crippen molar-refractivity contribution in [2.75, 3.05) is 33.7 Å².